The van der Waals surface area contributed by atoms with Gasteiger partial charge in [0.25, 0.3) is 0 Å². The molecule has 1 atom stereocenters. The van der Waals surface area contributed by atoms with E-state index in [0.717, 1.165) is 116 Å². The highest BCUT2D eigenvalue weighted by atomic mass is 16.6. The third kappa shape index (κ3) is 61.6. The van der Waals surface area contributed by atoms with Crippen LogP contribution in [0.1, 0.15) is 329 Å². The maximum absolute atomic E-state index is 12.8. The Hall–Kier alpha value is -3.15. The largest absolute Gasteiger partial charge is 0.462 e. The van der Waals surface area contributed by atoms with E-state index in [2.05, 4.69) is 93.7 Å². The van der Waals surface area contributed by atoms with Crippen LogP contribution in [0, 0.1) is 0 Å². The van der Waals surface area contributed by atoms with Crippen molar-refractivity contribution in [2.45, 2.75) is 335 Å². The Kier molecular flexibility index (Phi) is 60.7. The third-order valence-electron chi connectivity index (χ3n) is 14.2. The molecule has 0 aliphatic heterocycles. The van der Waals surface area contributed by atoms with Crippen molar-refractivity contribution in [2.24, 2.45) is 0 Å². The van der Waals surface area contributed by atoms with Crippen molar-refractivity contribution in [3.8, 4) is 0 Å². The zero-order valence-corrected chi connectivity index (χ0v) is 49.8. The Morgan fingerprint density at radius 2 is 0.520 bits per heavy atom. The summed E-state index contributed by atoms with van der Waals surface area (Å²) in [6.45, 7) is 6.46. The molecule has 0 fully saturated rings. The molecule has 0 aliphatic rings. The lowest BCUT2D eigenvalue weighted by Gasteiger charge is -2.18. The van der Waals surface area contributed by atoms with Crippen LogP contribution >= 0.6 is 0 Å². The second-order valence-electron chi connectivity index (χ2n) is 21.7. The zero-order valence-electron chi connectivity index (χ0n) is 49.8. The number of ether oxygens (including phenoxy) is 3. The monoisotopic (exact) mass is 1050 g/mol. The van der Waals surface area contributed by atoms with E-state index in [0.29, 0.717) is 19.3 Å². The van der Waals surface area contributed by atoms with Gasteiger partial charge in [-0.1, -0.05) is 312 Å². The first-order valence-electron chi connectivity index (χ1n) is 32.4. The number of carbonyl (C=O) groups is 3. The van der Waals surface area contributed by atoms with Gasteiger partial charge in [0.1, 0.15) is 13.2 Å². The molecule has 0 bridgehead atoms. The maximum Gasteiger partial charge on any atom is 0.306 e. The van der Waals surface area contributed by atoms with Crippen LogP contribution in [0.2, 0.25) is 0 Å². The molecule has 0 saturated heterocycles. The molecule has 0 amide bonds. The van der Waals surface area contributed by atoms with E-state index >= 15 is 0 Å². The molecule has 0 aromatic rings. The lowest BCUT2D eigenvalue weighted by atomic mass is 10.0. The molecule has 0 radical (unpaired) electrons. The van der Waals surface area contributed by atoms with Gasteiger partial charge in [0, 0.05) is 19.3 Å². The second-order valence-corrected chi connectivity index (χ2v) is 21.7. The molecular weight excluding hydrogens is 925 g/mol. The van der Waals surface area contributed by atoms with Gasteiger partial charge in [-0.15, -0.1) is 0 Å². The zero-order chi connectivity index (χ0) is 54.3. The van der Waals surface area contributed by atoms with Gasteiger partial charge in [-0.25, -0.2) is 0 Å². The molecule has 0 spiro atoms. The summed E-state index contributed by atoms with van der Waals surface area (Å²) in [4.78, 5) is 37.9. The molecule has 0 heterocycles. The Morgan fingerprint density at radius 3 is 0.813 bits per heavy atom. The fourth-order valence-corrected chi connectivity index (χ4v) is 9.39. The van der Waals surface area contributed by atoms with E-state index in [1.165, 1.54) is 173 Å². The van der Waals surface area contributed by atoms with Gasteiger partial charge >= 0.3 is 17.9 Å². The van der Waals surface area contributed by atoms with Crippen LogP contribution in [0.4, 0.5) is 0 Å². The first-order chi connectivity index (χ1) is 37.0. The first-order valence-corrected chi connectivity index (χ1v) is 32.4. The molecule has 1 unspecified atom stereocenters. The van der Waals surface area contributed by atoms with Crippen LogP contribution in [0.25, 0.3) is 0 Å². The molecule has 0 saturated carbocycles. The standard InChI is InChI=1S/C69H122O6/c1-4-7-10-13-15-17-19-21-23-25-27-29-31-32-33-34-35-36-38-39-41-43-45-47-49-51-53-56-59-62-68(71)74-65-66(64-73-67(70)61-58-55-12-9-6-3)75-69(72)63-60-57-54-52-50-48-46-44-42-40-37-30-28-26-24-22-20-18-16-14-11-8-5-2/h8,11,16,18,22,24,28,30,40,42,46,48,66H,4-7,9-10,12-15,17,19-21,23,25-27,29,31-39,41,43-45,47,49-65H2,1-3H3/b11-8-,18-16-,24-22-,30-28-,42-40-,48-46-. The van der Waals surface area contributed by atoms with Gasteiger partial charge in [-0.3, -0.25) is 14.4 Å². The smallest absolute Gasteiger partial charge is 0.306 e. The number of allylic oxidation sites excluding steroid dienone is 12. The Labute approximate surface area is 465 Å². The van der Waals surface area contributed by atoms with Crippen LogP contribution < -0.4 is 0 Å². The van der Waals surface area contributed by atoms with Crippen molar-refractivity contribution in [1.82, 2.24) is 0 Å². The van der Waals surface area contributed by atoms with Crippen LogP contribution in [-0.2, 0) is 28.6 Å². The predicted octanol–water partition coefficient (Wildman–Crippen LogP) is 22.1. The van der Waals surface area contributed by atoms with Crippen LogP contribution in [0.15, 0.2) is 72.9 Å². The average molecular weight is 1050 g/mol. The van der Waals surface area contributed by atoms with Gasteiger partial charge in [0.05, 0.1) is 0 Å². The van der Waals surface area contributed by atoms with Crippen molar-refractivity contribution in [2.75, 3.05) is 13.2 Å². The molecule has 6 nitrogen and oxygen atoms in total. The highest BCUT2D eigenvalue weighted by Gasteiger charge is 2.19. The summed E-state index contributed by atoms with van der Waals surface area (Å²) in [5.74, 6) is -0.911. The minimum atomic E-state index is -0.785. The Bertz CT molecular complexity index is 1390. The summed E-state index contributed by atoms with van der Waals surface area (Å²) in [6.07, 6.45) is 82.6. The maximum atomic E-state index is 12.8. The summed E-state index contributed by atoms with van der Waals surface area (Å²) in [7, 11) is 0. The van der Waals surface area contributed by atoms with Crippen molar-refractivity contribution in [3.05, 3.63) is 72.9 Å². The SMILES string of the molecule is CC/C=C\C/C=C\C/C=C\C/C=C\C/C=C\C/C=C\CCCCCCC(=O)OC(COC(=O)CCCCCCC)COC(=O)CCCCCCCCCCCCCCCCCCCCCCCCCCCCCCC. The summed E-state index contributed by atoms with van der Waals surface area (Å²) in [5.41, 5.74) is 0. The number of rotatable bonds is 59. The highest BCUT2D eigenvalue weighted by molar-refractivity contribution is 5.71. The van der Waals surface area contributed by atoms with E-state index in [4.69, 9.17) is 14.2 Å². The second kappa shape index (κ2) is 63.4. The highest BCUT2D eigenvalue weighted by Crippen LogP contribution is 2.18. The van der Waals surface area contributed by atoms with E-state index < -0.39 is 6.10 Å². The molecule has 0 aromatic carbocycles. The van der Waals surface area contributed by atoms with E-state index in [1.54, 1.807) is 0 Å². The predicted molar refractivity (Wildman–Crippen MR) is 325 cm³/mol. The number of carbonyl (C=O) groups excluding carboxylic acids is 3. The lowest BCUT2D eigenvalue weighted by Crippen LogP contribution is -2.30. The minimum absolute atomic E-state index is 0.0835. The van der Waals surface area contributed by atoms with Crippen molar-refractivity contribution in [1.29, 1.82) is 0 Å². The molecule has 0 aliphatic carbocycles. The Morgan fingerprint density at radius 1 is 0.280 bits per heavy atom. The van der Waals surface area contributed by atoms with Crippen LogP contribution in [0.5, 0.6) is 0 Å². The average Bonchev–Trinajstić information content (AvgIpc) is 3.41. The van der Waals surface area contributed by atoms with Gasteiger partial charge in [0.2, 0.25) is 0 Å². The molecule has 6 heteroatoms. The molecule has 0 N–H and O–H groups in total. The molecular formula is C69H122O6. The Balaban J connectivity index is 4.02. The lowest BCUT2D eigenvalue weighted by molar-refractivity contribution is -0.167. The van der Waals surface area contributed by atoms with Crippen LogP contribution in [-0.4, -0.2) is 37.2 Å². The van der Waals surface area contributed by atoms with Gasteiger partial charge in [-0.05, 0) is 70.6 Å². The molecule has 0 aromatic heterocycles. The van der Waals surface area contributed by atoms with E-state index in [9.17, 15) is 14.4 Å². The summed E-state index contributed by atoms with van der Waals surface area (Å²) >= 11 is 0. The summed E-state index contributed by atoms with van der Waals surface area (Å²) in [5, 5.41) is 0. The first kappa shape index (κ1) is 71.8. The van der Waals surface area contributed by atoms with Gasteiger partial charge < -0.3 is 14.2 Å². The van der Waals surface area contributed by atoms with Gasteiger partial charge in [-0.2, -0.15) is 0 Å². The van der Waals surface area contributed by atoms with Gasteiger partial charge in [0.15, 0.2) is 6.10 Å². The molecule has 434 valence electrons. The number of hydrogen-bond donors (Lipinski definition) is 0. The van der Waals surface area contributed by atoms with Crippen LogP contribution in [0.3, 0.4) is 0 Å². The number of unbranched alkanes of at least 4 members (excludes halogenated alkanes) is 36. The summed E-state index contributed by atoms with van der Waals surface area (Å²) in [6, 6.07) is 0. The van der Waals surface area contributed by atoms with E-state index in [-0.39, 0.29) is 31.1 Å². The fraction of sp³-hybridized carbons (Fsp3) is 0.783. The third-order valence-corrected chi connectivity index (χ3v) is 14.2. The quantitative estimate of drug-likeness (QED) is 0.0261. The van der Waals surface area contributed by atoms with Crippen molar-refractivity contribution >= 4 is 17.9 Å². The molecule has 0 rings (SSSR count). The summed E-state index contributed by atoms with van der Waals surface area (Å²) < 4.78 is 16.8. The topological polar surface area (TPSA) is 78.9 Å². The number of hydrogen-bond acceptors (Lipinski definition) is 6. The van der Waals surface area contributed by atoms with Crippen molar-refractivity contribution in [3.63, 3.8) is 0 Å². The number of esters is 3. The normalized spacial score (nSPS) is 12.5. The van der Waals surface area contributed by atoms with Crippen molar-refractivity contribution < 1.29 is 28.6 Å². The minimum Gasteiger partial charge on any atom is -0.462 e. The fourth-order valence-electron chi connectivity index (χ4n) is 9.39. The van der Waals surface area contributed by atoms with E-state index in [1.807, 2.05) is 0 Å². The molecule has 75 heavy (non-hydrogen) atoms.